The second-order valence-electron chi connectivity index (χ2n) is 8.31. The van der Waals surface area contributed by atoms with Gasteiger partial charge >= 0.3 is 12.4 Å². The molecule has 2 atom stereocenters. The summed E-state index contributed by atoms with van der Waals surface area (Å²) in [5.74, 6) is -1.77. The lowest BCUT2D eigenvalue weighted by Gasteiger charge is -2.41. The Labute approximate surface area is 214 Å². The van der Waals surface area contributed by atoms with E-state index in [-0.39, 0.29) is 59.6 Å². The molecule has 38 heavy (non-hydrogen) atoms. The van der Waals surface area contributed by atoms with Gasteiger partial charge in [0.05, 0.1) is 12.6 Å². The van der Waals surface area contributed by atoms with Crippen LogP contribution < -0.4 is 4.90 Å². The number of hydrogen-bond acceptors (Lipinski definition) is 10. The SMILES string of the molecule is CC(O)c1ncn(CC(=O)N2CCN(c3sc(C(F)(F)F)nc3-c3cnc(C(F)(F)F)nc3)C[C@@H]2CO)n1. The van der Waals surface area contributed by atoms with Crippen LogP contribution in [0.25, 0.3) is 11.3 Å². The minimum absolute atomic E-state index is 0.0101. The molecule has 0 aromatic carbocycles. The van der Waals surface area contributed by atoms with Gasteiger partial charge in [-0.2, -0.15) is 31.4 Å². The van der Waals surface area contributed by atoms with Crippen LogP contribution in [0.5, 0.6) is 0 Å². The zero-order valence-corrected chi connectivity index (χ0v) is 20.3. The summed E-state index contributed by atoms with van der Waals surface area (Å²) in [5.41, 5.74) is -0.417. The lowest BCUT2D eigenvalue weighted by atomic mass is 10.1. The highest BCUT2D eigenvalue weighted by molar-refractivity contribution is 7.16. The second-order valence-corrected chi connectivity index (χ2v) is 9.29. The zero-order chi connectivity index (χ0) is 27.8. The number of piperazine rings is 1. The molecule has 4 rings (SSSR count). The van der Waals surface area contributed by atoms with Gasteiger partial charge in [-0.05, 0) is 6.92 Å². The van der Waals surface area contributed by atoms with E-state index in [4.69, 9.17) is 0 Å². The average Bonchev–Trinajstić information content (AvgIpc) is 3.51. The molecule has 0 radical (unpaired) electrons. The lowest BCUT2D eigenvalue weighted by Crippen LogP contribution is -2.57. The number of nitrogens with zero attached hydrogens (tertiary/aromatic N) is 8. The van der Waals surface area contributed by atoms with Crippen LogP contribution >= 0.6 is 11.3 Å². The number of rotatable bonds is 6. The van der Waals surface area contributed by atoms with Crippen molar-refractivity contribution in [3.63, 3.8) is 0 Å². The Bertz CT molecular complexity index is 1280. The molecule has 18 heteroatoms. The molecule has 1 aliphatic rings. The molecule has 1 amide bonds. The first-order valence-electron chi connectivity index (χ1n) is 11.0. The van der Waals surface area contributed by atoms with Gasteiger partial charge in [0.25, 0.3) is 0 Å². The summed E-state index contributed by atoms with van der Waals surface area (Å²) in [6.07, 6.45) is -7.83. The van der Waals surface area contributed by atoms with E-state index in [2.05, 4.69) is 25.0 Å². The van der Waals surface area contributed by atoms with E-state index in [9.17, 15) is 41.4 Å². The number of carbonyl (C=O) groups excluding carboxylic acids is 1. The third kappa shape index (κ3) is 5.86. The molecule has 11 nitrogen and oxygen atoms in total. The molecule has 2 N–H and O–H groups in total. The van der Waals surface area contributed by atoms with Crippen molar-refractivity contribution in [1.82, 2.24) is 34.6 Å². The van der Waals surface area contributed by atoms with E-state index < -0.39 is 47.8 Å². The molecule has 0 bridgehead atoms. The smallest absolute Gasteiger partial charge is 0.394 e. The first-order chi connectivity index (χ1) is 17.8. The maximum atomic E-state index is 13.5. The Kier molecular flexibility index (Phi) is 7.57. The summed E-state index contributed by atoms with van der Waals surface area (Å²) in [6, 6.07) is -0.816. The van der Waals surface area contributed by atoms with E-state index >= 15 is 0 Å². The van der Waals surface area contributed by atoms with Gasteiger partial charge in [-0.3, -0.25) is 4.79 Å². The quantitative estimate of drug-likeness (QED) is 0.430. The monoisotopic (exact) mass is 566 g/mol. The summed E-state index contributed by atoms with van der Waals surface area (Å²) in [5, 5.41) is 22.2. The van der Waals surface area contributed by atoms with Gasteiger partial charge in [0, 0.05) is 37.6 Å². The summed E-state index contributed by atoms with van der Waals surface area (Å²) in [7, 11) is 0. The highest BCUT2D eigenvalue weighted by Crippen LogP contribution is 2.43. The Morgan fingerprint density at radius 1 is 1.13 bits per heavy atom. The summed E-state index contributed by atoms with van der Waals surface area (Å²) >= 11 is 0.289. The molecule has 4 heterocycles. The van der Waals surface area contributed by atoms with Crippen LogP contribution in [-0.2, 0) is 23.7 Å². The Hall–Kier alpha value is -3.38. The topological polar surface area (TPSA) is 133 Å². The highest BCUT2D eigenvalue weighted by atomic mass is 32.1. The van der Waals surface area contributed by atoms with Crippen molar-refractivity contribution < 1.29 is 41.4 Å². The van der Waals surface area contributed by atoms with Crippen LogP contribution in [0.15, 0.2) is 18.7 Å². The standard InChI is InChI=1S/C20H20F6N8O3S/c1-10(36)15-29-9-33(31-15)7-13(37)34-3-2-32(6-12(34)8-35)16-14(30-18(38-16)20(24,25)26)11-4-27-17(28-5-11)19(21,22)23/h4-5,9-10,12,35-36H,2-3,6-8H2,1H3/t10?,12-/m1/s1. The fourth-order valence-corrected chi connectivity index (χ4v) is 4.75. The third-order valence-electron chi connectivity index (χ3n) is 5.56. The number of halogens is 6. The Morgan fingerprint density at radius 3 is 2.37 bits per heavy atom. The van der Waals surface area contributed by atoms with Gasteiger partial charge in [0.1, 0.15) is 29.7 Å². The van der Waals surface area contributed by atoms with Crippen LogP contribution in [0.4, 0.5) is 31.3 Å². The number of aliphatic hydroxyl groups is 2. The van der Waals surface area contributed by atoms with Crippen molar-refractivity contribution in [2.45, 2.75) is 38.0 Å². The maximum absolute atomic E-state index is 13.5. The molecule has 1 unspecified atom stereocenters. The molecule has 3 aromatic rings. The van der Waals surface area contributed by atoms with E-state index in [1.165, 1.54) is 27.7 Å². The first-order valence-corrected chi connectivity index (χ1v) is 11.8. The van der Waals surface area contributed by atoms with Gasteiger partial charge in [0.15, 0.2) is 5.82 Å². The van der Waals surface area contributed by atoms with Gasteiger partial charge in [-0.25, -0.2) is 24.6 Å². The summed E-state index contributed by atoms with van der Waals surface area (Å²) in [4.78, 5) is 29.6. The molecule has 3 aromatic heterocycles. The third-order valence-corrected chi connectivity index (χ3v) is 6.72. The van der Waals surface area contributed by atoms with Crippen molar-refractivity contribution in [2.24, 2.45) is 0 Å². The largest absolute Gasteiger partial charge is 0.451 e. The maximum Gasteiger partial charge on any atom is 0.451 e. The number of amides is 1. The number of aliphatic hydroxyl groups excluding tert-OH is 2. The molecule has 0 spiro atoms. The number of alkyl halides is 6. The highest BCUT2D eigenvalue weighted by Gasteiger charge is 2.39. The predicted molar refractivity (Wildman–Crippen MR) is 119 cm³/mol. The first kappa shape index (κ1) is 27.6. The normalized spacial score (nSPS) is 17.7. The zero-order valence-electron chi connectivity index (χ0n) is 19.5. The summed E-state index contributed by atoms with van der Waals surface area (Å²) < 4.78 is 80.2. The van der Waals surface area contributed by atoms with Gasteiger partial charge in [0.2, 0.25) is 16.7 Å². The molecule has 206 valence electrons. The van der Waals surface area contributed by atoms with Gasteiger partial charge < -0.3 is 20.0 Å². The van der Waals surface area contributed by atoms with Gasteiger partial charge in [-0.1, -0.05) is 11.3 Å². The lowest BCUT2D eigenvalue weighted by molar-refractivity contribution is -0.145. The van der Waals surface area contributed by atoms with E-state index in [1.54, 1.807) is 0 Å². The Morgan fingerprint density at radius 2 is 1.82 bits per heavy atom. The van der Waals surface area contributed by atoms with E-state index in [0.717, 1.165) is 12.4 Å². The van der Waals surface area contributed by atoms with Gasteiger partial charge in [-0.15, -0.1) is 0 Å². The van der Waals surface area contributed by atoms with Crippen LogP contribution in [0, 0.1) is 0 Å². The van der Waals surface area contributed by atoms with Crippen LogP contribution in [0.2, 0.25) is 0 Å². The van der Waals surface area contributed by atoms with Crippen molar-refractivity contribution in [3.8, 4) is 11.3 Å². The van der Waals surface area contributed by atoms with E-state index in [0.29, 0.717) is 0 Å². The molecule has 1 aliphatic heterocycles. The van der Waals surface area contributed by atoms with E-state index in [1.807, 2.05) is 0 Å². The van der Waals surface area contributed by atoms with Crippen molar-refractivity contribution in [3.05, 3.63) is 35.4 Å². The fourth-order valence-electron chi connectivity index (χ4n) is 3.76. The van der Waals surface area contributed by atoms with Crippen LogP contribution in [0.3, 0.4) is 0 Å². The minimum atomic E-state index is -4.83. The minimum Gasteiger partial charge on any atom is -0.394 e. The molecule has 1 fully saturated rings. The predicted octanol–water partition coefficient (Wildman–Crippen LogP) is 1.99. The number of aromatic nitrogens is 6. The molecule has 1 saturated heterocycles. The molecular weight excluding hydrogens is 546 g/mol. The van der Waals surface area contributed by atoms with Crippen LogP contribution in [-0.4, -0.2) is 83.0 Å². The number of thiazole rings is 1. The fraction of sp³-hybridized carbons (Fsp3) is 0.500. The summed E-state index contributed by atoms with van der Waals surface area (Å²) in [6.45, 7) is 0.686. The molecular formula is C20H20F6N8O3S. The average molecular weight is 566 g/mol. The second kappa shape index (κ2) is 10.4. The number of hydrogen-bond donors (Lipinski definition) is 2. The molecule has 0 aliphatic carbocycles. The van der Waals surface area contributed by atoms with Crippen LogP contribution in [0.1, 0.15) is 29.7 Å². The van der Waals surface area contributed by atoms with Crippen molar-refractivity contribution in [2.75, 3.05) is 31.1 Å². The number of anilines is 1. The molecule has 0 saturated carbocycles. The van der Waals surface area contributed by atoms with Crippen molar-refractivity contribution >= 4 is 22.2 Å². The van der Waals surface area contributed by atoms with Crippen molar-refractivity contribution in [1.29, 1.82) is 0 Å². The number of carbonyl (C=O) groups is 1. The Balaban J connectivity index is 1.57.